The number of nitrogens with one attached hydrogen (secondary N) is 2. The molecule has 1 heterocycles. The third-order valence-corrected chi connectivity index (χ3v) is 5.29. The van der Waals surface area contributed by atoms with Gasteiger partial charge in [0.25, 0.3) is 0 Å². The first-order valence-electron chi connectivity index (χ1n) is 11.0. The number of morpholine rings is 1. The van der Waals surface area contributed by atoms with Gasteiger partial charge in [-0.15, -0.1) is 24.0 Å². The average Bonchev–Trinajstić information content (AvgIpc) is 2.83. The summed E-state index contributed by atoms with van der Waals surface area (Å²) in [7, 11) is 3.42. The molecular formula is C24H34FIN4O3. The number of nitrogens with zero attached hydrogens (tertiary/aromatic N) is 2. The zero-order chi connectivity index (χ0) is 22.6. The first-order valence-corrected chi connectivity index (χ1v) is 11.0. The van der Waals surface area contributed by atoms with Crippen LogP contribution in [0.5, 0.6) is 5.75 Å². The van der Waals surface area contributed by atoms with Crippen LogP contribution in [0.2, 0.25) is 0 Å². The Bertz CT molecular complexity index is 848. The highest BCUT2D eigenvalue weighted by Gasteiger charge is 2.23. The van der Waals surface area contributed by atoms with Gasteiger partial charge in [-0.3, -0.25) is 9.89 Å². The fourth-order valence-electron chi connectivity index (χ4n) is 3.60. The molecule has 2 aromatic carbocycles. The van der Waals surface area contributed by atoms with Crippen molar-refractivity contribution in [2.24, 2.45) is 4.99 Å². The minimum Gasteiger partial charge on any atom is -0.493 e. The van der Waals surface area contributed by atoms with Crippen LogP contribution >= 0.6 is 24.0 Å². The molecule has 33 heavy (non-hydrogen) atoms. The molecule has 2 N–H and O–H groups in total. The predicted molar refractivity (Wildman–Crippen MR) is 140 cm³/mol. The van der Waals surface area contributed by atoms with E-state index in [-0.39, 0.29) is 35.8 Å². The lowest BCUT2D eigenvalue weighted by molar-refractivity contribution is 0.0170. The van der Waals surface area contributed by atoms with Crippen LogP contribution < -0.4 is 15.4 Å². The van der Waals surface area contributed by atoms with Gasteiger partial charge in [-0.1, -0.05) is 18.2 Å². The maximum atomic E-state index is 13.5. The summed E-state index contributed by atoms with van der Waals surface area (Å²) in [6.07, 6.45) is 0.837. The number of ether oxygens (including phenoxy) is 3. The quantitative estimate of drug-likeness (QED) is 0.195. The Morgan fingerprint density at radius 2 is 1.91 bits per heavy atom. The summed E-state index contributed by atoms with van der Waals surface area (Å²) in [5.41, 5.74) is 1.94. The summed E-state index contributed by atoms with van der Waals surface area (Å²) in [6, 6.07) is 14.6. The van der Waals surface area contributed by atoms with Crippen LogP contribution in [-0.2, 0) is 9.47 Å². The highest BCUT2D eigenvalue weighted by molar-refractivity contribution is 14.0. The van der Waals surface area contributed by atoms with Crippen molar-refractivity contribution in [2.45, 2.75) is 12.5 Å². The Morgan fingerprint density at radius 3 is 2.61 bits per heavy atom. The number of benzene rings is 2. The van der Waals surface area contributed by atoms with Gasteiger partial charge in [-0.05, 0) is 29.8 Å². The Balaban J connectivity index is 0.00000385. The van der Waals surface area contributed by atoms with Gasteiger partial charge >= 0.3 is 0 Å². The Kier molecular flexibility index (Phi) is 12.4. The molecule has 1 atom stereocenters. The summed E-state index contributed by atoms with van der Waals surface area (Å²) in [6.45, 7) is 4.95. The molecule has 0 aliphatic carbocycles. The Hall–Kier alpha value is -1.95. The molecule has 1 aliphatic heterocycles. The molecule has 0 saturated carbocycles. The van der Waals surface area contributed by atoms with Crippen molar-refractivity contribution >= 4 is 35.6 Å². The number of hydrogen-bond donors (Lipinski definition) is 2. The van der Waals surface area contributed by atoms with Crippen LogP contribution in [0.3, 0.4) is 0 Å². The van der Waals surface area contributed by atoms with Gasteiger partial charge in [0.2, 0.25) is 0 Å². The molecule has 1 aliphatic rings. The number of guanidine groups is 1. The molecule has 1 fully saturated rings. The van der Waals surface area contributed by atoms with E-state index in [2.05, 4.69) is 20.5 Å². The molecule has 9 heteroatoms. The van der Waals surface area contributed by atoms with E-state index in [1.807, 2.05) is 36.4 Å². The van der Waals surface area contributed by atoms with Crippen LogP contribution in [0, 0.1) is 5.82 Å². The monoisotopic (exact) mass is 572 g/mol. The minimum absolute atomic E-state index is 0. The lowest BCUT2D eigenvalue weighted by Gasteiger charge is -2.35. The maximum Gasteiger partial charge on any atom is 0.195 e. The van der Waals surface area contributed by atoms with Crippen LogP contribution in [-0.4, -0.2) is 71.1 Å². The standard InChI is InChI=1S/C24H33FN4O3.HI/c1-26-24(28-21-5-3-6-22(17-21)32-14-4-13-30-2)27-18-23(29-11-15-31-16-12-29)19-7-9-20(25)10-8-19;/h3,5-10,17,23H,4,11-16,18H2,1-2H3,(H2,26,27,28);1H. The second kappa shape index (κ2) is 15.0. The molecule has 0 amide bonds. The number of rotatable bonds is 10. The van der Waals surface area contributed by atoms with Gasteiger partial charge in [-0.25, -0.2) is 4.39 Å². The molecule has 0 spiro atoms. The van der Waals surface area contributed by atoms with E-state index in [0.717, 1.165) is 36.5 Å². The van der Waals surface area contributed by atoms with Crippen molar-refractivity contribution in [3.63, 3.8) is 0 Å². The van der Waals surface area contributed by atoms with Gasteiger partial charge < -0.3 is 24.8 Å². The molecule has 182 valence electrons. The largest absolute Gasteiger partial charge is 0.493 e. The second-order valence-electron chi connectivity index (χ2n) is 7.52. The number of anilines is 1. The van der Waals surface area contributed by atoms with E-state index in [9.17, 15) is 4.39 Å². The van der Waals surface area contributed by atoms with Crippen LogP contribution in [0.25, 0.3) is 0 Å². The molecule has 7 nitrogen and oxygen atoms in total. The highest BCUT2D eigenvalue weighted by Crippen LogP contribution is 2.22. The highest BCUT2D eigenvalue weighted by atomic mass is 127. The predicted octanol–water partition coefficient (Wildman–Crippen LogP) is 3.92. The summed E-state index contributed by atoms with van der Waals surface area (Å²) < 4.78 is 29.8. The van der Waals surface area contributed by atoms with E-state index in [4.69, 9.17) is 14.2 Å². The Labute approximate surface area is 212 Å². The van der Waals surface area contributed by atoms with Gasteiger partial charge in [0.05, 0.1) is 25.9 Å². The minimum atomic E-state index is -0.232. The van der Waals surface area contributed by atoms with Crippen molar-refractivity contribution in [3.05, 3.63) is 59.9 Å². The first kappa shape index (κ1) is 27.3. The molecular weight excluding hydrogens is 538 g/mol. The summed E-state index contributed by atoms with van der Waals surface area (Å²) >= 11 is 0. The fourth-order valence-corrected chi connectivity index (χ4v) is 3.60. The van der Waals surface area contributed by atoms with Crippen LogP contribution in [0.4, 0.5) is 10.1 Å². The Morgan fingerprint density at radius 1 is 1.15 bits per heavy atom. The lowest BCUT2D eigenvalue weighted by atomic mass is 10.0. The molecule has 3 rings (SSSR count). The first-order chi connectivity index (χ1) is 15.7. The number of hydrogen-bond acceptors (Lipinski definition) is 5. The van der Waals surface area contributed by atoms with Gasteiger partial charge in [0, 0.05) is 58.6 Å². The third kappa shape index (κ3) is 9.07. The maximum absolute atomic E-state index is 13.5. The fraction of sp³-hybridized carbons (Fsp3) is 0.458. The SMILES string of the molecule is CN=C(NCC(c1ccc(F)cc1)N1CCOCC1)Nc1cccc(OCCCOC)c1.I. The summed E-state index contributed by atoms with van der Waals surface area (Å²) in [5, 5.41) is 6.73. The van der Waals surface area contributed by atoms with Crippen LogP contribution in [0.1, 0.15) is 18.0 Å². The summed E-state index contributed by atoms with van der Waals surface area (Å²) in [5.74, 6) is 1.21. The van der Waals surface area contributed by atoms with Gasteiger partial charge in [-0.2, -0.15) is 0 Å². The lowest BCUT2D eigenvalue weighted by Crippen LogP contribution is -2.44. The molecule has 0 bridgehead atoms. The van der Waals surface area contributed by atoms with Crippen LogP contribution in [0.15, 0.2) is 53.5 Å². The topological polar surface area (TPSA) is 67.4 Å². The van der Waals surface area contributed by atoms with Crippen molar-refractivity contribution < 1.29 is 18.6 Å². The molecule has 1 unspecified atom stereocenters. The van der Waals surface area contributed by atoms with Crippen molar-refractivity contribution in [2.75, 3.05) is 65.5 Å². The van der Waals surface area contributed by atoms with Crippen molar-refractivity contribution in [1.29, 1.82) is 0 Å². The summed E-state index contributed by atoms with van der Waals surface area (Å²) in [4.78, 5) is 6.71. The van der Waals surface area contributed by atoms with E-state index >= 15 is 0 Å². The second-order valence-corrected chi connectivity index (χ2v) is 7.52. The zero-order valence-corrected chi connectivity index (χ0v) is 21.6. The van der Waals surface area contributed by atoms with E-state index < -0.39 is 0 Å². The van der Waals surface area contributed by atoms with Gasteiger partial charge in [0.1, 0.15) is 11.6 Å². The average molecular weight is 572 g/mol. The van der Waals surface area contributed by atoms with Crippen molar-refractivity contribution in [1.82, 2.24) is 10.2 Å². The third-order valence-electron chi connectivity index (χ3n) is 5.29. The number of methoxy groups -OCH3 is 1. The van der Waals surface area contributed by atoms with E-state index in [1.165, 1.54) is 12.1 Å². The molecule has 1 saturated heterocycles. The van der Waals surface area contributed by atoms with Crippen molar-refractivity contribution in [3.8, 4) is 5.75 Å². The molecule has 2 aromatic rings. The smallest absolute Gasteiger partial charge is 0.195 e. The molecule has 0 aromatic heterocycles. The number of aliphatic imine (C=N–C) groups is 1. The zero-order valence-electron chi connectivity index (χ0n) is 19.3. The number of halogens is 2. The van der Waals surface area contributed by atoms with E-state index in [0.29, 0.717) is 38.9 Å². The van der Waals surface area contributed by atoms with Gasteiger partial charge in [0.15, 0.2) is 5.96 Å². The normalized spacial score (nSPS) is 15.4. The van der Waals surface area contributed by atoms with E-state index in [1.54, 1.807) is 14.2 Å². The molecule has 0 radical (unpaired) electrons.